The smallest absolute Gasteiger partial charge is 0.408 e. The first kappa shape index (κ1) is 25.1. The molecule has 0 aliphatic carbocycles. The van der Waals surface area contributed by atoms with Crippen molar-refractivity contribution in [2.24, 2.45) is 5.11 Å². The van der Waals surface area contributed by atoms with Crippen LogP contribution >= 0.6 is 23.2 Å². The molecule has 0 saturated heterocycles. The highest BCUT2D eigenvalue weighted by molar-refractivity contribution is 6.42. The van der Waals surface area contributed by atoms with E-state index in [1.807, 2.05) is 0 Å². The first-order valence-electron chi connectivity index (χ1n) is 10.0. The molecule has 1 heterocycles. The molecule has 1 aliphatic heterocycles. The Balaban J connectivity index is 1.81. The van der Waals surface area contributed by atoms with Gasteiger partial charge in [0.1, 0.15) is 12.1 Å². The first-order chi connectivity index (χ1) is 16.2. The molecule has 0 aromatic heterocycles. The van der Waals surface area contributed by atoms with Gasteiger partial charge in [0.05, 0.1) is 22.3 Å². The van der Waals surface area contributed by atoms with Crippen LogP contribution in [0.25, 0.3) is 10.4 Å². The van der Waals surface area contributed by atoms with Gasteiger partial charge in [-0.1, -0.05) is 52.6 Å². The van der Waals surface area contributed by atoms with Crippen LogP contribution in [0.4, 0.5) is 14.9 Å². The molecule has 3 rings (SSSR count). The molecule has 0 bridgehead atoms. The lowest BCUT2D eigenvalue weighted by molar-refractivity contribution is -0.130. The highest BCUT2D eigenvalue weighted by atomic mass is 35.5. The van der Waals surface area contributed by atoms with Crippen LogP contribution in [0, 0.1) is 5.82 Å². The molecule has 0 saturated carbocycles. The van der Waals surface area contributed by atoms with Crippen molar-refractivity contribution in [1.82, 2.24) is 10.2 Å². The number of benzene rings is 2. The van der Waals surface area contributed by atoms with E-state index in [-0.39, 0.29) is 41.7 Å². The fourth-order valence-electron chi connectivity index (χ4n) is 3.57. The number of hydrogen-bond acceptors (Lipinski definition) is 4. The number of hydrogen-bond donors (Lipinski definition) is 3. The Morgan fingerprint density at radius 1 is 1.24 bits per heavy atom. The standard InChI is InChI=1S/C21H19Cl2FN6O4/c22-13-5-6-14(18(24)17(13)23)27-19(31)15(7-8-26-29-25)28-20(32)16-9-11-3-1-2-4-12(11)10-30(16)21(33)34/h1-6,15-16H,7-10H2,(H,27,31)(H,28,32)(H,33,34)/t15-,16-/m0/s1. The summed E-state index contributed by atoms with van der Waals surface area (Å²) in [5.74, 6) is -2.48. The molecule has 2 atom stereocenters. The lowest BCUT2D eigenvalue weighted by Crippen LogP contribution is -2.56. The van der Waals surface area contributed by atoms with Crippen LogP contribution in [0.5, 0.6) is 0 Å². The zero-order valence-electron chi connectivity index (χ0n) is 17.5. The third-order valence-corrected chi connectivity index (χ3v) is 6.09. The summed E-state index contributed by atoms with van der Waals surface area (Å²) in [4.78, 5) is 41.3. The van der Waals surface area contributed by atoms with Crippen molar-refractivity contribution in [2.45, 2.75) is 31.5 Å². The average Bonchev–Trinajstić information content (AvgIpc) is 2.82. The van der Waals surface area contributed by atoms with Gasteiger partial charge in [-0.05, 0) is 35.2 Å². The molecule has 3 amide bonds. The van der Waals surface area contributed by atoms with Gasteiger partial charge in [-0.3, -0.25) is 14.5 Å². The molecule has 178 valence electrons. The molecule has 0 fully saturated rings. The van der Waals surface area contributed by atoms with E-state index in [1.54, 1.807) is 24.3 Å². The summed E-state index contributed by atoms with van der Waals surface area (Å²) in [6, 6.07) is 7.29. The van der Waals surface area contributed by atoms with E-state index in [0.29, 0.717) is 0 Å². The third-order valence-electron chi connectivity index (χ3n) is 5.30. The predicted molar refractivity (Wildman–Crippen MR) is 123 cm³/mol. The van der Waals surface area contributed by atoms with Crippen molar-refractivity contribution in [3.63, 3.8) is 0 Å². The molecule has 2 aromatic carbocycles. The van der Waals surface area contributed by atoms with E-state index in [1.165, 1.54) is 12.1 Å². The summed E-state index contributed by atoms with van der Waals surface area (Å²) in [6.45, 7) is -0.136. The van der Waals surface area contributed by atoms with Crippen molar-refractivity contribution in [3.05, 3.63) is 73.8 Å². The molecule has 2 aromatic rings. The number of nitrogens with one attached hydrogen (secondary N) is 2. The molecular weight excluding hydrogens is 490 g/mol. The number of azide groups is 1. The second-order valence-electron chi connectivity index (χ2n) is 7.42. The van der Waals surface area contributed by atoms with Gasteiger partial charge in [0.25, 0.3) is 0 Å². The second-order valence-corrected chi connectivity index (χ2v) is 8.20. The average molecular weight is 509 g/mol. The van der Waals surface area contributed by atoms with Crippen LogP contribution in [-0.2, 0) is 22.6 Å². The minimum absolute atomic E-state index is 0.00761. The summed E-state index contributed by atoms with van der Waals surface area (Å²) in [6.07, 6.45) is -1.29. The maximum absolute atomic E-state index is 14.4. The summed E-state index contributed by atoms with van der Waals surface area (Å²) in [5, 5.41) is 17.4. The number of amides is 3. The van der Waals surface area contributed by atoms with Gasteiger partial charge in [0.15, 0.2) is 5.82 Å². The van der Waals surface area contributed by atoms with Gasteiger partial charge in [0, 0.05) is 17.9 Å². The lowest BCUT2D eigenvalue weighted by atomic mass is 9.93. The number of rotatable bonds is 7. The summed E-state index contributed by atoms with van der Waals surface area (Å²) in [7, 11) is 0. The molecule has 10 nitrogen and oxygen atoms in total. The molecule has 3 N–H and O–H groups in total. The highest BCUT2D eigenvalue weighted by Crippen LogP contribution is 2.30. The second kappa shape index (κ2) is 11.1. The van der Waals surface area contributed by atoms with Crippen LogP contribution < -0.4 is 10.6 Å². The molecule has 1 aliphatic rings. The Morgan fingerprint density at radius 3 is 2.62 bits per heavy atom. The van der Waals surface area contributed by atoms with Crippen molar-refractivity contribution in [1.29, 1.82) is 0 Å². The molecule has 0 spiro atoms. The molecule has 0 radical (unpaired) electrons. The summed E-state index contributed by atoms with van der Waals surface area (Å²) < 4.78 is 14.4. The van der Waals surface area contributed by atoms with Gasteiger partial charge in [0.2, 0.25) is 11.8 Å². The molecule has 13 heteroatoms. The van der Waals surface area contributed by atoms with Crippen molar-refractivity contribution in [2.75, 3.05) is 11.9 Å². The maximum atomic E-state index is 14.4. The SMILES string of the molecule is [N-]=[N+]=NCC[C@H](NC(=O)[C@@H]1Cc2ccccc2CN1C(=O)O)C(=O)Nc1ccc(Cl)c(Cl)c1F. The fourth-order valence-corrected chi connectivity index (χ4v) is 3.88. The monoisotopic (exact) mass is 508 g/mol. The largest absolute Gasteiger partial charge is 0.465 e. The topological polar surface area (TPSA) is 148 Å². The zero-order chi connectivity index (χ0) is 24.8. The van der Waals surface area contributed by atoms with Crippen LogP contribution in [-0.4, -0.2) is 46.5 Å². The number of halogens is 3. The maximum Gasteiger partial charge on any atom is 0.408 e. The third kappa shape index (κ3) is 5.69. The quantitative estimate of drug-likeness (QED) is 0.220. The van der Waals surface area contributed by atoms with Gasteiger partial charge >= 0.3 is 6.09 Å². The van der Waals surface area contributed by atoms with Crippen LogP contribution in [0.2, 0.25) is 10.0 Å². The summed E-state index contributed by atoms with van der Waals surface area (Å²) in [5.41, 5.74) is 9.87. The Morgan fingerprint density at radius 2 is 1.94 bits per heavy atom. The lowest BCUT2D eigenvalue weighted by Gasteiger charge is -2.34. The van der Waals surface area contributed by atoms with Gasteiger partial charge < -0.3 is 15.7 Å². The van der Waals surface area contributed by atoms with E-state index in [9.17, 15) is 23.9 Å². The zero-order valence-corrected chi connectivity index (χ0v) is 19.1. The first-order valence-corrected chi connectivity index (χ1v) is 10.8. The van der Waals surface area contributed by atoms with Crippen molar-refractivity contribution < 1.29 is 23.9 Å². The van der Waals surface area contributed by atoms with E-state index in [0.717, 1.165) is 16.0 Å². The van der Waals surface area contributed by atoms with E-state index in [2.05, 4.69) is 20.7 Å². The van der Waals surface area contributed by atoms with E-state index >= 15 is 0 Å². The number of fused-ring (bicyclic) bond motifs is 1. The van der Waals surface area contributed by atoms with Crippen LogP contribution in [0.15, 0.2) is 41.5 Å². The Labute approximate surface area is 203 Å². The number of carboxylic acid groups (broad SMARTS) is 1. The van der Waals surface area contributed by atoms with Gasteiger partial charge in [-0.25, -0.2) is 9.18 Å². The van der Waals surface area contributed by atoms with Gasteiger partial charge in [-0.2, -0.15) is 0 Å². The van der Waals surface area contributed by atoms with Crippen molar-refractivity contribution in [3.8, 4) is 0 Å². The molecule has 34 heavy (non-hydrogen) atoms. The molecule has 0 unspecified atom stereocenters. The number of carbonyl (C=O) groups is 3. The minimum atomic E-state index is -1.29. The Hall–Kier alpha value is -3.53. The van der Waals surface area contributed by atoms with Gasteiger partial charge in [-0.15, -0.1) is 0 Å². The number of carbonyl (C=O) groups excluding carboxylic acids is 2. The van der Waals surface area contributed by atoms with Crippen molar-refractivity contribution >= 4 is 46.8 Å². The normalized spacial score (nSPS) is 15.5. The summed E-state index contributed by atoms with van der Waals surface area (Å²) >= 11 is 11.5. The minimum Gasteiger partial charge on any atom is -0.465 e. The Kier molecular flexibility index (Phi) is 8.17. The fraction of sp³-hybridized carbons (Fsp3) is 0.286. The Bertz CT molecular complexity index is 1170. The molecular formula is C21H19Cl2FN6O4. The number of nitrogens with zero attached hydrogens (tertiary/aromatic N) is 4. The van der Waals surface area contributed by atoms with Crippen LogP contribution in [0.3, 0.4) is 0 Å². The van der Waals surface area contributed by atoms with E-state index < -0.39 is 35.8 Å². The van der Waals surface area contributed by atoms with Crippen LogP contribution in [0.1, 0.15) is 17.5 Å². The highest BCUT2D eigenvalue weighted by Gasteiger charge is 2.36. The number of anilines is 1. The predicted octanol–water partition coefficient (Wildman–Crippen LogP) is 4.36. The van der Waals surface area contributed by atoms with E-state index in [4.69, 9.17) is 28.7 Å².